The van der Waals surface area contributed by atoms with Crippen LogP contribution in [0.2, 0.25) is 0 Å². The van der Waals surface area contributed by atoms with Crippen molar-refractivity contribution in [2.75, 3.05) is 11.9 Å². The molecule has 0 spiro atoms. The van der Waals surface area contributed by atoms with Gasteiger partial charge in [-0.2, -0.15) is 0 Å². The Labute approximate surface area is 93.4 Å². The van der Waals surface area contributed by atoms with E-state index in [1.54, 1.807) is 0 Å². The highest BCUT2D eigenvalue weighted by Gasteiger charge is 2.11. The van der Waals surface area contributed by atoms with Gasteiger partial charge in [0.25, 0.3) is 0 Å². The quantitative estimate of drug-likeness (QED) is 0.831. The number of hydrogen-bond acceptors (Lipinski definition) is 4. The number of carbonyl (C=O) groups is 1. The Balaban J connectivity index is 2.41. The third kappa shape index (κ3) is 4.29. The normalized spacial score (nSPS) is 11.4. The Bertz CT molecular complexity index is 341. The molecule has 0 amide bonds. The smallest absolute Gasteiger partial charge is 0.347 e. The average molecular weight is 228 g/mol. The summed E-state index contributed by atoms with van der Waals surface area (Å²) in [4.78, 5) is 14.8. The summed E-state index contributed by atoms with van der Waals surface area (Å²) in [5.74, 6) is -0.920. The van der Waals surface area contributed by atoms with Crippen LogP contribution in [0.3, 0.4) is 0 Å². The average Bonchev–Trinajstić information content (AvgIpc) is 2.50. The van der Waals surface area contributed by atoms with Crippen molar-refractivity contribution in [2.24, 2.45) is 5.41 Å². The van der Waals surface area contributed by atoms with Crippen LogP contribution in [-0.2, 0) is 0 Å². The van der Waals surface area contributed by atoms with Gasteiger partial charge in [-0.1, -0.05) is 32.1 Å². The number of rotatable bonds is 4. The first kappa shape index (κ1) is 12.0. The first-order valence-electron chi connectivity index (χ1n) is 4.81. The third-order valence-corrected chi connectivity index (χ3v) is 2.81. The highest BCUT2D eigenvalue weighted by atomic mass is 32.1. The lowest BCUT2D eigenvalue weighted by atomic mass is 9.92. The highest BCUT2D eigenvalue weighted by molar-refractivity contribution is 7.17. The van der Waals surface area contributed by atoms with Crippen molar-refractivity contribution < 1.29 is 9.90 Å². The van der Waals surface area contributed by atoms with E-state index in [-0.39, 0.29) is 10.3 Å². The fourth-order valence-corrected chi connectivity index (χ4v) is 1.68. The molecule has 0 saturated carbocycles. The summed E-state index contributed by atoms with van der Waals surface area (Å²) in [5, 5.41) is 12.5. The predicted octanol–water partition coefficient (Wildman–Crippen LogP) is 2.69. The molecule has 2 N–H and O–H groups in total. The molecule has 0 atom stereocenters. The zero-order chi connectivity index (χ0) is 11.5. The summed E-state index contributed by atoms with van der Waals surface area (Å²) in [6, 6.07) is 0. The molecule has 0 bridgehead atoms. The van der Waals surface area contributed by atoms with Crippen molar-refractivity contribution >= 4 is 22.4 Å². The van der Waals surface area contributed by atoms with Gasteiger partial charge in [0.15, 0.2) is 5.13 Å². The second kappa shape index (κ2) is 4.61. The number of hydrogen-bond donors (Lipinski definition) is 2. The molecule has 0 aliphatic carbocycles. The molecule has 4 nitrogen and oxygen atoms in total. The number of nitrogens with one attached hydrogen (secondary N) is 1. The number of carboxylic acids is 1. The summed E-state index contributed by atoms with van der Waals surface area (Å²) < 4.78 is 0. The first-order valence-corrected chi connectivity index (χ1v) is 5.63. The van der Waals surface area contributed by atoms with E-state index in [0.29, 0.717) is 5.13 Å². The van der Waals surface area contributed by atoms with E-state index >= 15 is 0 Å². The molecule has 0 aliphatic heterocycles. The third-order valence-electron chi connectivity index (χ3n) is 1.87. The number of nitrogens with zero attached hydrogens (tertiary/aromatic N) is 1. The molecule has 0 aliphatic rings. The summed E-state index contributed by atoms with van der Waals surface area (Å²) >= 11 is 1.17. The van der Waals surface area contributed by atoms with Gasteiger partial charge in [-0.3, -0.25) is 0 Å². The van der Waals surface area contributed by atoms with Gasteiger partial charge in [0.05, 0.1) is 6.20 Å². The number of aromatic nitrogens is 1. The van der Waals surface area contributed by atoms with Gasteiger partial charge in [-0.05, 0) is 11.8 Å². The Hall–Kier alpha value is -1.10. The van der Waals surface area contributed by atoms with Gasteiger partial charge in [0.1, 0.15) is 4.88 Å². The van der Waals surface area contributed by atoms with Crippen LogP contribution in [0.5, 0.6) is 0 Å². The van der Waals surface area contributed by atoms with Crippen molar-refractivity contribution in [2.45, 2.75) is 27.2 Å². The van der Waals surface area contributed by atoms with Crippen molar-refractivity contribution in [3.05, 3.63) is 11.1 Å². The molecular weight excluding hydrogens is 212 g/mol. The molecule has 0 unspecified atom stereocenters. The van der Waals surface area contributed by atoms with E-state index < -0.39 is 5.97 Å². The molecule has 84 valence electrons. The molecule has 1 aromatic rings. The largest absolute Gasteiger partial charge is 0.477 e. The Morgan fingerprint density at radius 2 is 2.27 bits per heavy atom. The van der Waals surface area contributed by atoms with Crippen LogP contribution in [0.4, 0.5) is 5.13 Å². The van der Waals surface area contributed by atoms with Crippen LogP contribution in [-0.4, -0.2) is 22.6 Å². The van der Waals surface area contributed by atoms with Crippen LogP contribution < -0.4 is 5.32 Å². The molecule has 1 rings (SSSR count). The lowest BCUT2D eigenvalue weighted by Crippen LogP contribution is -2.12. The van der Waals surface area contributed by atoms with Crippen molar-refractivity contribution in [3.63, 3.8) is 0 Å². The van der Waals surface area contributed by atoms with Gasteiger partial charge in [0, 0.05) is 6.54 Å². The number of thiazole rings is 1. The lowest BCUT2D eigenvalue weighted by molar-refractivity contribution is 0.0702. The SMILES string of the molecule is CC(C)(C)CCNc1ncc(C(=O)O)s1. The van der Waals surface area contributed by atoms with Gasteiger partial charge in [-0.25, -0.2) is 9.78 Å². The molecule has 1 aromatic heterocycles. The van der Waals surface area contributed by atoms with Gasteiger partial charge in [-0.15, -0.1) is 0 Å². The van der Waals surface area contributed by atoms with E-state index in [1.807, 2.05) is 0 Å². The van der Waals surface area contributed by atoms with Crippen molar-refractivity contribution in [3.8, 4) is 0 Å². The number of anilines is 1. The molecule has 0 radical (unpaired) electrons. The molecule has 1 heterocycles. The second-order valence-corrected chi connectivity index (χ2v) is 5.60. The topological polar surface area (TPSA) is 62.2 Å². The van der Waals surface area contributed by atoms with Gasteiger partial charge >= 0.3 is 5.97 Å². The minimum atomic E-state index is -0.920. The standard InChI is InChI=1S/C10H16N2O2S/c1-10(2,3)4-5-11-9-12-6-7(15-9)8(13)14/h6H,4-5H2,1-3H3,(H,11,12)(H,13,14). The van der Waals surface area contributed by atoms with Crippen molar-refractivity contribution in [1.82, 2.24) is 4.98 Å². The highest BCUT2D eigenvalue weighted by Crippen LogP contribution is 2.21. The Morgan fingerprint density at radius 1 is 1.60 bits per heavy atom. The molecule has 15 heavy (non-hydrogen) atoms. The van der Waals surface area contributed by atoms with E-state index in [0.717, 1.165) is 13.0 Å². The summed E-state index contributed by atoms with van der Waals surface area (Å²) in [6.45, 7) is 7.31. The van der Waals surface area contributed by atoms with E-state index in [2.05, 4.69) is 31.1 Å². The zero-order valence-corrected chi connectivity index (χ0v) is 10.0. The number of aromatic carboxylic acids is 1. The molecule has 0 aromatic carbocycles. The number of carboxylic acid groups (broad SMARTS) is 1. The monoisotopic (exact) mass is 228 g/mol. The maximum atomic E-state index is 10.6. The predicted molar refractivity (Wildman–Crippen MR) is 61.6 cm³/mol. The molecule has 0 saturated heterocycles. The molecule has 0 fully saturated rings. The minimum absolute atomic E-state index is 0.272. The molecular formula is C10H16N2O2S. The first-order chi connectivity index (χ1) is 6.88. The van der Waals surface area contributed by atoms with Crippen LogP contribution in [0.15, 0.2) is 6.20 Å². The molecule has 5 heteroatoms. The van der Waals surface area contributed by atoms with Gasteiger partial charge in [0.2, 0.25) is 0 Å². The summed E-state index contributed by atoms with van der Waals surface area (Å²) in [7, 11) is 0. The second-order valence-electron chi connectivity index (χ2n) is 4.57. The van der Waals surface area contributed by atoms with Crippen LogP contribution >= 0.6 is 11.3 Å². The fraction of sp³-hybridized carbons (Fsp3) is 0.600. The van der Waals surface area contributed by atoms with Crippen LogP contribution in [0.25, 0.3) is 0 Å². The summed E-state index contributed by atoms with van der Waals surface area (Å²) in [5.41, 5.74) is 0.278. The van der Waals surface area contributed by atoms with Crippen molar-refractivity contribution in [1.29, 1.82) is 0 Å². The maximum Gasteiger partial charge on any atom is 0.347 e. The van der Waals surface area contributed by atoms with Crippen LogP contribution in [0, 0.1) is 5.41 Å². The van der Waals surface area contributed by atoms with E-state index in [4.69, 9.17) is 5.11 Å². The maximum absolute atomic E-state index is 10.6. The van der Waals surface area contributed by atoms with Gasteiger partial charge < -0.3 is 10.4 Å². The Kier molecular flexibility index (Phi) is 3.68. The van der Waals surface area contributed by atoms with Crippen LogP contribution in [0.1, 0.15) is 36.9 Å². The van der Waals surface area contributed by atoms with E-state index in [9.17, 15) is 4.79 Å². The summed E-state index contributed by atoms with van der Waals surface area (Å²) in [6.07, 6.45) is 2.40. The fourth-order valence-electron chi connectivity index (χ4n) is 0.999. The van der Waals surface area contributed by atoms with E-state index in [1.165, 1.54) is 17.5 Å². The zero-order valence-electron chi connectivity index (χ0n) is 9.20. The Morgan fingerprint density at radius 3 is 2.73 bits per heavy atom. The lowest BCUT2D eigenvalue weighted by Gasteiger charge is -2.17. The minimum Gasteiger partial charge on any atom is -0.477 e.